The van der Waals surface area contributed by atoms with Gasteiger partial charge < -0.3 is 4.90 Å². The molecule has 5 heteroatoms. The van der Waals surface area contributed by atoms with E-state index in [0.717, 1.165) is 38.1 Å². The summed E-state index contributed by atoms with van der Waals surface area (Å²) in [5.74, 6) is 2.15. The van der Waals surface area contributed by atoms with Crippen LogP contribution in [0.4, 0.5) is 5.82 Å². The van der Waals surface area contributed by atoms with Crippen LogP contribution in [0, 0.1) is 11.8 Å². The van der Waals surface area contributed by atoms with E-state index in [0.29, 0.717) is 17.3 Å². The minimum atomic E-state index is 0.237. The van der Waals surface area contributed by atoms with Crippen LogP contribution in [-0.4, -0.2) is 29.3 Å². The zero-order valence-corrected chi connectivity index (χ0v) is 11.5. The van der Waals surface area contributed by atoms with Crippen molar-refractivity contribution in [3.63, 3.8) is 0 Å². The number of carbonyl (C=O) groups is 1. The maximum absolute atomic E-state index is 11.1. The molecule has 1 aliphatic rings. The number of hydrogen-bond donors (Lipinski definition) is 0. The Bertz CT molecular complexity index is 428. The Morgan fingerprint density at radius 3 is 2.61 bits per heavy atom. The lowest BCUT2D eigenvalue weighted by atomic mass is 9.87. The summed E-state index contributed by atoms with van der Waals surface area (Å²) in [5, 5.41) is 0.237. The average molecular weight is 268 g/mol. The zero-order valence-electron chi connectivity index (χ0n) is 10.8. The van der Waals surface area contributed by atoms with Crippen molar-refractivity contribution in [1.82, 2.24) is 9.97 Å². The van der Waals surface area contributed by atoms with Crippen molar-refractivity contribution in [3.8, 4) is 0 Å². The summed E-state index contributed by atoms with van der Waals surface area (Å²) in [4.78, 5) is 21.3. The Kier molecular flexibility index (Phi) is 4.17. The molecule has 2 heterocycles. The van der Waals surface area contributed by atoms with Gasteiger partial charge >= 0.3 is 0 Å². The second-order valence-corrected chi connectivity index (χ2v) is 5.45. The monoisotopic (exact) mass is 267 g/mol. The molecule has 0 saturated carbocycles. The van der Waals surface area contributed by atoms with E-state index in [1.807, 2.05) is 0 Å². The molecule has 1 aliphatic heterocycles. The number of piperidine rings is 1. The van der Waals surface area contributed by atoms with Crippen LogP contribution < -0.4 is 4.90 Å². The molecular formula is C13H18ClN3O. The third-order valence-corrected chi connectivity index (χ3v) is 4.02. The van der Waals surface area contributed by atoms with Gasteiger partial charge in [0, 0.05) is 13.1 Å². The molecule has 1 aromatic rings. The fourth-order valence-corrected chi connectivity index (χ4v) is 2.67. The third kappa shape index (κ3) is 2.64. The minimum absolute atomic E-state index is 0.237. The highest BCUT2D eigenvalue weighted by molar-refractivity contribution is 6.32. The molecule has 98 valence electrons. The van der Waals surface area contributed by atoms with E-state index < -0.39 is 0 Å². The van der Waals surface area contributed by atoms with Crippen molar-refractivity contribution >= 4 is 23.7 Å². The summed E-state index contributed by atoms with van der Waals surface area (Å²) in [7, 11) is 0. The van der Waals surface area contributed by atoms with Crippen molar-refractivity contribution in [2.24, 2.45) is 11.8 Å². The summed E-state index contributed by atoms with van der Waals surface area (Å²) in [6.45, 7) is 6.38. The van der Waals surface area contributed by atoms with Gasteiger partial charge in [0.1, 0.15) is 17.3 Å². The highest BCUT2D eigenvalue weighted by Crippen LogP contribution is 2.29. The summed E-state index contributed by atoms with van der Waals surface area (Å²) in [6.07, 6.45) is 4.43. The van der Waals surface area contributed by atoms with Gasteiger partial charge in [-0.1, -0.05) is 25.4 Å². The SMILES string of the molecule is CC(C)C1CCN(c2ncnc(Cl)c2C=O)CC1. The summed E-state index contributed by atoms with van der Waals surface area (Å²) in [5.41, 5.74) is 0.405. The number of aromatic nitrogens is 2. The first-order valence-corrected chi connectivity index (χ1v) is 6.72. The lowest BCUT2D eigenvalue weighted by Gasteiger charge is -2.35. The van der Waals surface area contributed by atoms with Crippen LogP contribution >= 0.6 is 11.6 Å². The van der Waals surface area contributed by atoms with E-state index in [9.17, 15) is 4.79 Å². The molecule has 0 spiro atoms. The Labute approximate surface area is 112 Å². The molecule has 0 bridgehead atoms. The van der Waals surface area contributed by atoms with Crippen LogP contribution in [0.2, 0.25) is 5.15 Å². The highest BCUT2D eigenvalue weighted by atomic mass is 35.5. The molecule has 1 saturated heterocycles. The number of anilines is 1. The Balaban J connectivity index is 2.15. The Morgan fingerprint density at radius 2 is 2.06 bits per heavy atom. The van der Waals surface area contributed by atoms with Crippen LogP contribution in [0.15, 0.2) is 6.33 Å². The standard InChI is InChI=1S/C13H18ClN3O/c1-9(2)10-3-5-17(6-4-10)13-11(7-18)12(14)15-8-16-13/h7-10H,3-6H2,1-2H3. The van der Waals surface area contributed by atoms with Gasteiger partial charge in [-0.05, 0) is 24.7 Å². The van der Waals surface area contributed by atoms with E-state index in [-0.39, 0.29) is 5.15 Å². The van der Waals surface area contributed by atoms with Gasteiger partial charge in [0.2, 0.25) is 0 Å². The normalized spacial score (nSPS) is 17.2. The van der Waals surface area contributed by atoms with Gasteiger partial charge in [-0.15, -0.1) is 0 Å². The molecule has 0 amide bonds. The lowest BCUT2D eigenvalue weighted by molar-refractivity contribution is 0.112. The fourth-order valence-electron chi connectivity index (χ4n) is 2.50. The number of rotatable bonds is 3. The number of nitrogens with zero attached hydrogens (tertiary/aromatic N) is 3. The van der Waals surface area contributed by atoms with Gasteiger partial charge in [-0.2, -0.15) is 0 Å². The summed E-state index contributed by atoms with van der Waals surface area (Å²) >= 11 is 5.92. The summed E-state index contributed by atoms with van der Waals surface area (Å²) < 4.78 is 0. The molecule has 0 aliphatic carbocycles. The highest BCUT2D eigenvalue weighted by Gasteiger charge is 2.24. The van der Waals surface area contributed by atoms with Gasteiger partial charge in [0.25, 0.3) is 0 Å². The molecule has 0 unspecified atom stereocenters. The van der Waals surface area contributed by atoms with Gasteiger partial charge in [-0.25, -0.2) is 9.97 Å². The Hall–Kier alpha value is -1.16. The number of hydrogen-bond acceptors (Lipinski definition) is 4. The number of halogens is 1. The molecular weight excluding hydrogens is 250 g/mol. The molecule has 1 aromatic heterocycles. The van der Waals surface area contributed by atoms with Crippen molar-refractivity contribution in [2.45, 2.75) is 26.7 Å². The second kappa shape index (κ2) is 5.65. The van der Waals surface area contributed by atoms with E-state index >= 15 is 0 Å². The van der Waals surface area contributed by atoms with E-state index in [1.54, 1.807) is 0 Å². The molecule has 4 nitrogen and oxygen atoms in total. The van der Waals surface area contributed by atoms with Crippen molar-refractivity contribution in [3.05, 3.63) is 17.0 Å². The predicted molar refractivity (Wildman–Crippen MR) is 72.2 cm³/mol. The first-order valence-electron chi connectivity index (χ1n) is 6.34. The number of aldehydes is 1. The van der Waals surface area contributed by atoms with Crippen molar-refractivity contribution in [1.29, 1.82) is 0 Å². The largest absolute Gasteiger partial charge is 0.356 e. The maximum atomic E-state index is 11.1. The number of carbonyl (C=O) groups excluding carboxylic acids is 1. The molecule has 0 radical (unpaired) electrons. The summed E-state index contributed by atoms with van der Waals surface area (Å²) in [6, 6.07) is 0. The van der Waals surface area contributed by atoms with Crippen molar-refractivity contribution in [2.75, 3.05) is 18.0 Å². The van der Waals surface area contributed by atoms with E-state index in [1.165, 1.54) is 6.33 Å². The average Bonchev–Trinajstić information content (AvgIpc) is 2.38. The molecule has 0 N–H and O–H groups in total. The predicted octanol–water partition coefficient (Wildman–Crippen LogP) is 2.81. The van der Waals surface area contributed by atoms with Gasteiger partial charge in [0.05, 0.1) is 5.56 Å². The van der Waals surface area contributed by atoms with Crippen molar-refractivity contribution < 1.29 is 4.79 Å². The maximum Gasteiger partial charge on any atom is 0.156 e. The van der Waals surface area contributed by atoms with Crippen LogP contribution in [0.3, 0.4) is 0 Å². The smallest absolute Gasteiger partial charge is 0.156 e. The minimum Gasteiger partial charge on any atom is -0.356 e. The molecule has 1 fully saturated rings. The zero-order chi connectivity index (χ0) is 13.1. The lowest BCUT2D eigenvalue weighted by Crippen LogP contribution is -2.36. The molecule has 0 atom stereocenters. The van der Waals surface area contributed by atoms with Crippen LogP contribution in [-0.2, 0) is 0 Å². The van der Waals surface area contributed by atoms with Crippen LogP contribution in [0.5, 0.6) is 0 Å². The Morgan fingerprint density at radius 1 is 1.39 bits per heavy atom. The van der Waals surface area contributed by atoms with Gasteiger partial charge in [-0.3, -0.25) is 4.79 Å². The van der Waals surface area contributed by atoms with E-state index in [4.69, 9.17) is 11.6 Å². The van der Waals surface area contributed by atoms with E-state index in [2.05, 4.69) is 28.7 Å². The topological polar surface area (TPSA) is 46.1 Å². The third-order valence-electron chi connectivity index (χ3n) is 3.71. The quantitative estimate of drug-likeness (QED) is 0.624. The first kappa shape index (κ1) is 13.3. The molecule has 0 aromatic carbocycles. The van der Waals surface area contributed by atoms with Gasteiger partial charge in [0.15, 0.2) is 6.29 Å². The fraction of sp³-hybridized carbons (Fsp3) is 0.615. The van der Waals surface area contributed by atoms with Crippen LogP contribution in [0.1, 0.15) is 37.0 Å². The van der Waals surface area contributed by atoms with Crippen LogP contribution in [0.25, 0.3) is 0 Å². The molecule has 18 heavy (non-hydrogen) atoms. The molecule has 2 rings (SSSR count). The second-order valence-electron chi connectivity index (χ2n) is 5.09. The first-order chi connectivity index (χ1) is 8.63.